The van der Waals surface area contributed by atoms with Gasteiger partial charge < -0.3 is 10.1 Å². The maximum Gasteiger partial charge on any atom is 0.280 e. The van der Waals surface area contributed by atoms with Crippen molar-refractivity contribution in [3.8, 4) is 11.4 Å². The maximum atomic E-state index is 13.1. The van der Waals surface area contributed by atoms with Crippen molar-refractivity contribution in [3.05, 3.63) is 71.8 Å². The van der Waals surface area contributed by atoms with Crippen LogP contribution in [-0.2, 0) is 6.42 Å². The van der Waals surface area contributed by atoms with Crippen molar-refractivity contribution in [2.45, 2.75) is 20.3 Å². The van der Waals surface area contributed by atoms with E-state index in [-0.39, 0.29) is 17.4 Å². The van der Waals surface area contributed by atoms with Crippen molar-refractivity contribution in [1.82, 2.24) is 9.78 Å². The first-order valence-corrected chi connectivity index (χ1v) is 8.50. The van der Waals surface area contributed by atoms with Crippen LogP contribution in [0.5, 0.6) is 5.75 Å². The number of halogens is 1. The Kier molecular flexibility index (Phi) is 5.31. The third-order valence-electron chi connectivity index (χ3n) is 3.93. The summed E-state index contributed by atoms with van der Waals surface area (Å²) >= 11 is 0. The number of carbonyl (C=O) groups excluding carboxylic acids is 1. The Bertz CT molecular complexity index is 904. The number of benzene rings is 2. The standard InChI is InChI=1S/C20H20FN3O2/c1-3-14-7-5-6-8-17(14)22-20(25)19-18(26-4-2)13-24(23-19)16-11-9-15(21)10-12-16/h5-13H,3-4H2,1-2H3,(H,22,25). The molecule has 0 bridgehead atoms. The van der Waals surface area contributed by atoms with Gasteiger partial charge in [-0.05, 0) is 49.2 Å². The lowest BCUT2D eigenvalue weighted by Gasteiger charge is -2.09. The SMILES string of the molecule is CCOc1cn(-c2ccc(F)cc2)nc1C(=O)Nc1ccccc1CC. The molecular weight excluding hydrogens is 333 g/mol. The fraction of sp³-hybridized carbons (Fsp3) is 0.200. The number of aryl methyl sites for hydroxylation is 1. The number of ether oxygens (including phenoxy) is 1. The summed E-state index contributed by atoms with van der Waals surface area (Å²) in [4.78, 5) is 12.7. The minimum Gasteiger partial charge on any atom is -0.490 e. The summed E-state index contributed by atoms with van der Waals surface area (Å²) in [5, 5.41) is 7.23. The minimum atomic E-state index is -0.352. The molecule has 2 aromatic carbocycles. The quantitative estimate of drug-likeness (QED) is 0.722. The van der Waals surface area contributed by atoms with Gasteiger partial charge in [0.05, 0.1) is 18.5 Å². The Morgan fingerprint density at radius 1 is 1.15 bits per heavy atom. The van der Waals surface area contributed by atoms with Crippen molar-refractivity contribution in [3.63, 3.8) is 0 Å². The van der Waals surface area contributed by atoms with Crippen LogP contribution in [0.4, 0.5) is 10.1 Å². The maximum absolute atomic E-state index is 13.1. The van der Waals surface area contributed by atoms with Crippen LogP contribution < -0.4 is 10.1 Å². The lowest BCUT2D eigenvalue weighted by atomic mass is 10.1. The average Bonchev–Trinajstić information content (AvgIpc) is 3.07. The van der Waals surface area contributed by atoms with Crippen LogP contribution in [0.1, 0.15) is 29.9 Å². The molecule has 0 radical (unpaired) electrons. The number of hydrogen-bond donors (Lipinski definition) is 1. The summed E-state index contributed by atoms with van der Waals surface area (Å²) < 4.78 is 20.2. The van der Waals surface area contributed by atoms with Crippen molar-refractivity contribution < 1.29 is 13.9 Å². The summed E-state index contributed by atoms with van der Waals surface area (Å²) in [6.07, 6.45) is 2.43. The molecule has 0 saturated carbocycles. The Hall–Kier alpha value is -3.15. The summed E-state index contributed by atoms with van der Waals surface area (Å²) in [6.45, 7) is 4.27. The smallest absolute Gasteiger partial charge is 0.280 e. The highest BCUT2D eigenvalue weighted by molar-refractivity contribution is 6.05. The molecule has 1 amide bonds. The monoisotopic (exact) mass is 353 g/mol. The van der Waals surface area contributed by atoms with E-state index in [4.69, 9.17) is 4.74 Å². The Morgan fingerprint density at radius 2 is 1.88 bits per heavy atom. The molecule has 1 aromatic heterocycles. The van der Waals surface area contributed by atoms with Gasteiger partial charge in [-0.25, -0.2) is 9.07 Å². The van der Waals surface area contributed by atoms with Gasteiger partial charge in [0.1, 0.15) is 5.82 Å². The minimum absolute atomic E-state index is 0.182. The van der Waals surface area contributed by atoms with E-state index in [1.807, 2.05) is 38.1 Å². The molecule has 0 saturated heterocycles. The van der Waals surface area contributed by atoms with Gasteiger partial charge in [0.25, 0.3) is 5.91 Å². The van der Waals surface area contributed by atoms with E-state index in [0.29, 0.717) is 18.0 Å². The number of amides is 1. The first kappa shape index (κ1) is 17.7. The second kappa shape index (κ2) is 7.82. The third-order valence-corrected chi connectivity index (χ3v) is 3.93. The van der Waals surface area contributed by atoms with Crippen LogP contribution in [0.15, 0.2) is 54.7 Å². The molecule has 6 heteroatoms. The molecule has 134 valence electrons. The van der Waals surface area contributed by atoms with Crippen molar-refractivity contribution in [1.29, 1.82) is 0 Å². The van der Waals surface area contributed by atoms with Gasteiger partial charge in [-0.15, -0.1) is 0 Å². The van der Waals surface area contributed by atoms with Crippen molar-refractivity contribution in [2.75, 3.05) is 11.9 Å². The highest BCUT2D eigenvalue weighted by Gasteiger charge is 2.19. The van der Waals surface area contributed by atoms with E-state index in [1.165, 1.54) is 16.8 Å². The molecule has 0 aliphatic carbocycles. The number of hydrogen-bond acceptors (Lipinski definition) is 3. The predicted molar refractivity (Wildman–Crippen MR) is 98.5 cm³/mol. The molecule has 0 aliphatic rings. The van der Waals surface area contributed by atoms with Crippen LogP contribution in [0, 0.1) is 5.82 Å². The summed E-state index contributed by atoms with van der Waals surface area (Å²) in [5.74, 6) is -0.307. The first-order valence-electron chi connectivity index (χ1n) is 8.50. The van der Waals surface area contributed by atoms with Crippen LogP contribution in [-0.4, -0.2) is 22.3 Å². The molecule has 0 fully saturated rings. The van der Waals surface area contributed by atoms with E-state index >= 15 is 0 Å². The second-order valence-electron chi connectivity index (χ2n) is 5.66. The molecule has 26 heavy (non-hydrogen) atoms. The number of anilines is 1. The van der Waals surface area contributed by atoms with E-state index in [9.17, 15) is 9.18 Å². The number of para-hydroxylation sites is 1. The van der Waals surface area contributed by atoms with E-state index in [1.54, 1.807) is 18.3 Å². The predicted octanol–water partition coefficient (Wildman–Crippen LogP) is 4.22. The molecule has 0 spiro atoms. The normalized spacial score (nSPS) is 10.6. The summed E-state index contributed by atoms with van der Waals surface area (Å²) in [5.41, 5.74) is 2.61. The number of nitrogens with one attached hydrogen (secondary N) is 1. The highest BCUT2D eigenvalue weighted by atomic mass is 19.1. The fourth-order valence-corrected chi connectivity index (χ4v) is 2.63. The molecule has 3 rings (SSSR count). The zero-order chi connectivity index (χ0) is 18.5. The number of rotatable bonds is 6. The van der Waals surface area contributed by atoms with Crippen molar-refractivity contribution >= 4 is 11.6 Å². The lowest BCUT2D eigenvalue weighted by Crippen LogP contribution is -2.15. The molecule has 1 N–H and O–H groups in total. The first-order chi connectivity index (χ1) is 12.6. The molecule has 0 atom stereocenters. The molecule has 0 unspecified atom stereocenters. The van der Waals surface area contributed by atoms with Gasteiger partial charge in [0.15, 0.2) is 11.4 Å². The zero-order valence-electron chi connectivity index (χ0n) is 14.7. The topological polar surface area (TPSA) is 56.2 Å². The van der Waals surface area contributed by atoms with Crippen LogP contribution >= 0.6 is 0 Å². The van der Waals surface area contributed by atoms with Gasteiger partial charge in [-0.3, -0.25) is 4.79 Å². The molecule has 3 aromatic rings. The van der Waals surface area contributed by atoms with Crippen LogP contribution in [0.2, 0.25) is 0 Å². The van der Waals surface area contributed by atoms with Crippen LogP contribution in [0.3, 0.4) is 0 Å². The summed E-state index contributed by atoms with van der Waals surface area (Å²) in [7, 11) is 0. The zero-order valence-corrected chi connectivity index (χ0v) is 14.7. The Balaban J connectivity index is 1.92. The average molecular weight is 353 g/mol. The molecule has 1 heterocycles. The van der Waals surface area contributed by atoms with Crippen LogP contribution in [0.25, 0.3) is 5.69 Å². The molecule has 5 nitrogen and oxygen atoms in total. The van der Waals surface area contributed by atoms with E-state index in [0.717, 1.165) is 17.7 Å². The van der Waals surface area contributed by atoms with E-state index in [2.05, 4.69) is 10.4 Å². The highest BCUT2D eigenvalue weighted by Crippen LogP contribution is 2.23. The van der Waals surface area contributed by atoms with Crippen molar-refractivity contribution in [2.24, 2.45) is 0 Å². The Morgan fingerprint density at radius 3 is 2.58 bits per heavy atom. The van der Waals surface area contributed by atoms with Gasteiger partial charge >= 0.3 is 0 Å². The fourth-order valence-electron chi connectivity index (χ4n) is 2.63. The van der Waals surface area contributed by atoms with Gasteiger partial charge in [-0.2, -0.15) is 5.10 Å². The van der Waals surface area contributed by atoms with Gasteiger partial charge in [0, 0.05) is 5.69 Å². The van der Waals surface area contributed by atoms with Gasteiger partial charge in [0.2, 0.25) is 0 Å². The Labute approximate surface area is 151 Å². The largest absolute Gasteiger partial charge is 0.490 e. The third kappa shape index (κ3) is 3.74. The molecular formula is C20H20FN3O2. The number of carbonyl (C=O) groups is 1. The van der Waals surface area contributed by atoms with E-state index < -0.39 is 0 Å². The lowest BCUT2D eigenvalue weighted by molar-refractivity contribution is 0.101. The number of nitrogens with zero attached hydrogens (tertiary/aromatic N) is 2. The second-order valence-corrected chi connectivity index (χ2v) is 5.66. The van der Waals surface area contributed by atoms with Gasteiger partial charge in [-0.1, -0.05) is 25.1 Å². The number of aromatic nitrogens is 2. The molecule has 0 aliphatic heterocycles. The summed E-state index contributed by atoms with van der Waals surface area (Å²) in [6, 6.07) is 13.5.